The molecule has 2 atom stereocenters. The highest BCUT2D eigenvalue weighted by atomic mass is 16.3. The number of hydrogen-bond donors (Lipinski definition) is 2. The van der Waals surface area contributed by atoms with Gasteiger partial charge in [-0.1, -0.05) is 31.5 Å². The predicted octanol–water partition coefficient (Wildman–Crippen LogP) is 3.40. The molecule has 0 spiro atoms. The monoisotopic (exact) mass is 439 g/mol. The number of nitrogens with one attached hydrogen (secondary N) is 2. The second-order valence-electron chi connectivity index (χ2n) is 8.97. The van der Waals surface area contributed by atoms with Crippen LogP contribution in [0.3, 0.4) is 0 Å². The lowest BCUT2D eigenvalue weighted by Crippen LogP contribution is -2.55. The number of likely N-dealkylation sites (tertiary alicyclic amines) is 1. The van der Waals surface area contributed by atoms with E-state index in [1.807, 2.05) is 45.9 Å². The number of nitrogens with zero attached hydrogens (tertiary/aromatic N) is 1. The Morgan fingerprint density at radius 3 is 2.34 bits per heavy atom. The standard InChI is InChI=1S/C25H33N3O4/c1-16(2)18(4)26-24(30)22(27-23(29)20-8-5-7-17(3)15-20)19-10-12-28(13-11-19)25(31)21-9-6-14-32-21/h5-9,14-16,18-19,22H,10-13H2,1-4H3,(H,26,30)(H,27,29)/t18-,22-/m0/s1. The van der Waals surface area contributed by atoms with Crippen molar-refractivity contribution in [2.45, 2.75) is 52.6 Å². The molecule has 7 nitrogen and oxygen atoms in total. The number of amides is 3. The molecule has 0 bridgehead atoms. The van der Waals surface area contributed by atoms with Gasteiger partial charge >= 0.3 is 0 Å². The summed E-state index contributed by atoms with van der Waals surface area (Å²) in [5.41, 5.74) is 1.52. The van der Waals surface area contributed by atoms with Crippen molar-refractivity contribution < 1.29 is 18.8 Å². The van der Waals surface area contributed by atoms with Crippen LogP contribution in [0.1, 0.15) is 60.1 Å². The number of rotatable bonds is 7. The lowest BCUT2D eigenvalue weighted by molar-refractivity contribution is -0.125. The van der Waals surface area contributed by atoms with Crippen LogP contribution in [0.5, 0.6) is 0 Å². The molecule has 3 amide bonds. The van der Waals surface area contributed by atoms with Crippen LogP contribution in [0.2, 0.25) is 0 Å². The fourth-order valence-corrected chi connectivity index (χ4v) is 3.88. The normalized spacial score (nSPS) is 16.5. The molecular formula is C25H33N3O4. The zero-order chi connectivity index (χ0) is 23.3. The predicted molar refractivity (Wildman–Crippen MR) is 122 cm³/mol. The van der Waals surface area contributed by atoms with Gasteiger partial charge in [0.1, 0.15) is 6.04 Å². The van der Waals surface area contributed by atoms with Crippen LogP contribution in [0.4, 0.5) is 0 Å². The number of aryl methyl sites for hydroxylation is 1. The van der Waals surface area contributed by atoms with Crippen LogP contribution in [-0.4, -0.2) is 47.8 Å². The van der Waals surface area contributed by atoms with Gasteiger partial charge in [0.2, 0.25) is 5.91 Å². The van der Waals surface area contributed by atoms with Crippen LogP contribution in [-0.2, 0) is 4.79 Å². The van der Waals surface area contributed by atoms with Crippen molar-refractivity contribution in [3.63, 3.8) is 0 Å². The first-order valence-electron chi connectivity index (χ1n) is 11.3. The molecule has 172 valence electrons. The highest BCUT2D eigenvalue weighted by Gasteiger charge is 2.35. The number of carbonyl (C=O) groups excluding carboxylic acids is 3. The summed E-state index contributed by atoms with van der Waals surface area (Å²) in [6, 6.07) is 9.99. The SMILES string of the molecule is Cc1cccc(C(=O)N[C@H](C(=O)N[C@@H](C)C(C)C)C2CCN(C(=O)c3ccco3)CC2)c1. The summed E-state index contributed by atoms with van der Waals surface area (Å²) in [5, 5.41) is 6.03. The third-order valence-electron chi connectivity index (χ3n) is 6.25. The second-order valence-corrected chi connectivity index (χ2v) is 8.97. The molecule has 3 rings (SSSR count). The van der Waals surface area contributed by atoms with Crippen molar-refractivity contribution in [3.05, 3.63) is 59.5 Å². The Morgan fingerprint density at radius 1 is 1.03 bits per heavy atom. The number of piperidine rings is 1. The van der Waals surface area contributed by atoms with Gasteiger partial charge in [-0.15, -0.1) is 0 Å². The van der Waals surface area contributed by atoms with Crippen molar-refractivity contribution in [2.24, 2.45) is 11.8 Å². The minimum absolute atomic E-state index is 0.0125. The quantitative estimate of drug-likeness (QED) is 0.692. The topological polar surface area (TPSA) is 91.7 Å². The Kier molecular flexibility index (Phi) is 7.72. The van der Waals surface area contributed by atoms with Gasteiger partial charge in [-0.3, -0.25) is 14.4 Å². The lowest BCUT2D eigenvalue weighted by Gasteiger charge is -2.36. The van der Waals surface area contributed by atoms with Gasteiger partial charge in [0.05, 0.1) is 6.26 Å². The smallest absolute Gasteiger partial charge is 0.289 e. The molecule has 1 aromatic carbocycles. The molecule has 0 unspecified atom stereocenters. The maximum absolute atomic E-state index is 13.2. The second kappa shape index (κ2) is 10.5. The fraction of sp³-hybridized carbons (Fsp3) is 0.480. The molecule has 0 saturated carbocycles. The molecule has 0 radical (unpaired) electrons. The average Bonchev–Trinajstić information content (AvgIpc) is 3.31. The third kappa shape index (κ3) is 5.78. The molecule has 32 heavy (non-hydrogen) atoms. The summed E-state index contributed by atoms with van der Waals surface area (Å²) in [5.74, 6) is -0.0605. The van der Waals surface area contributed by atoms with Gasteiger partial charge in [-0.2, -0.15) is 0 Å². The van der Waals surface area contributed by atoms with Crippen LogP contribution >= 0.6 is 0 Å². The molecule has 1 saturated heterocycles. The van der Waals surface area contributed by atoms with E-state index in [-0.39, 0.29) is 35.6 Å². The zero-order valence-corrected chi connectivity index (χ0v) is 19.3. The van der Waals surface area contributed by atoms with Crippen LogP contribution < -0.4 is 10.6 Å². The van der Waals surface area contributed by atoms with Gasteiger partial charge < -0.3 is 20.0 Å². The lowest BCUT2D eigenvalue weighted by atomic mass is 9.88. The maximum atomic E-state index is 13.2. The Morgan fingerprint density at radius 2 is 1.75 bits per heavy atom. The Labute approximate surface area is 189 Å². The molecule has 1 aromatic heterocycles. The number of furan rings is 1. The number of hydrogen-bond acceptors (Lipinski definition) is 4. The van der Waals surface area contributed by atoms with Crippen molar-refractivity contribution in [2.75, 3.05) is 13.1 Å². The van der Waals surface area contributed by atoms with Gasteiger partial charge in [0.25, 0.3) is 11.8 Å². The van der Waals surface area contributed by atoms with E-state index in [4.69, 9.17) is 4.42 Å². The van der Waals surface area contributed by atoms with E-state index in [1.54, 1.807) is 23.1 Å². The van der Waals surface area contributed by atoms with Crippen LogP contribution in [0.15, 0.2) is 47.1 Å². The molecule has 1 fully saturated rings. The number of carbonyl (C=O) groups is 3. The largest absolute Gasteiger partial charge is 0.459 e. The molecule has 7 heteroatoms. The van der Waals surface area contributed by atoms with Crippen molar-refractivity contribution in [1.29, 1.82) is 0 Å². The zero-order valence-electron chi connectivity index (χ0n) is 19.3. The Bertz CT molecular complexity index is 930. The molecule has 2 heterocycles. The molecule has 0 aliphatic carbocycles. The molecular weight excluding hydrogens is 406 g/mol. The van der Waals surface area contributed by atoms with E-state index < -0.39 is 6.04 Å². The van der Waals surface area contributed by atoms with Crippen molar-refractivity contribution in [3.8, 4) is 0 Å². The summed E-state index contributed by atoms with van der Waals surface area (Å²) in [7, 11) is 0. The highest BCUT2D eigenvalue weighted by Crippen LogP contribution is 2.23. The van der Waals surface area contributed by atoms with Crippen LogP contribution in [0.25, 0.3) is 0 Å². The summed E-state index contributed by atoms with van der Waals surface area (Å²) >= 11 is 0. The average molecular weight is 440 g/mol. The number of benzene rings is 1. The minimum atomic E-state index is -0.662. The summed E-state index contributed by atoms with van der Waals surface area (Å²) < 4.78 is 5.23. The van der Waals surface area contributed by atoms with Crippen molar-refractivity contribution in [1.82, 2.24) is 15.5 Å². The van der Waals surface area contributed by atoms with E-state index in [1.165, 1.54) is 6.26 Å². The Balaban J connectivity index is 1.71. The fourth-order valence-electron chi connectivity index (χ4n) is 3.88. The first-order chi connectivity index (χ1) is 15.3. The third-order valence-corrected chi connectivity index (χ3v) is 6.25. The van der Waals surface area contributed by atoms with E-state index in [9.17, 15) is 14.4 Å². The van der Waals surface area contributed by atoms with Gasteiger partial charge in [0.15, 0.2) is 5.76 Å². The van der Waals surface area contributed by atoms with E-state index in [2.05, 4.69) is 10.6 Å². The van der Waals surface area contributed by atoms with E-state index >= 15 is 0 Å². The van der Waals surface area contributed by atoms with Crippen LogP contribution in [0, 0.1) is 18.8 Å². The van der Waals surface area contributed by atoms with Gasteiger partial charge in [-0.05, 0) is 62.8 Å². The molecule has 1 aliphatic rings. The minimum Gasteiger partial charge on any atom is -0.459 e. The molecule has 2 aromatic rings. The van der Waals surface area contributed by atoms with E-state index in [0.29, 0.717) is 37.3 Å². The molecule has 2 N–H and O–H groups in total. The van der Waals surface area contributed by atoms with E-state index in [0.717, 1.165) is 5.56 Å². The summed E-state index contributed by atoms with van der Waals surface area (Å²) in [6.07, 6.45) is 2.72. The molecule has 1 aliphatic heterocycles. The Hall–Kier alpha value is -3.09. The maximum Gasteiger partial charge on any atom is 0.289 e. The first-order valence-corrected chi connectivity index (χ1v) is 11.3. The van der Waals surface area contributed by atoms with Gasteiger partial charge in [0, 0.05) is 24.7 Å². The highest BCUT2D eigenvalue weighted by molar-refractivity contribution is 5.98. The first kappa shape index (κ1) is 23.6. The summed E-state index contributed by atoms with van der Waals surface area (Å²) in [4.78, 5) is 40.4. The van der Waals surface area contributed by atoms with Crippen molar-refractivity contribution >= 4 is 17.7 Å². The summed E-state index contributed by atoms with van der Waals surface area (Å²) in [6.45, 7) is 9.00. The van der Waals surface area contributed by atoms with Gasteiger partial charge in [-0.25, -0.2) is 0 Å².